The normalized spacial score (nSPS) is 18.4. The minimum absolute atomic E-state index is 0.309. The molecule has 1 aliphatic rings. The van der Waals surface area contributed by atoms with E-state index < -0.39 is 13.2 Å². The van der Waals surface area contributed by atoms with Gasteiger partial charge in [-0.15, -0.1) is 11.3 Å². The zero-order chi connectivity index (χ0) is 18.4. The van der Waals surface area contributed by atoms with Crippen molar-refractivity contribution in [2.24, 2.45) is 5.73 Å². The number of nitrogens with two attached hydrogens (primary N) is 1. The predicted molar refractivity (Wildman–Crippen MR) is 101 cm³/mol. The summed E-state index contributed by atoms with van der Waals surface area (Å²) in [6.45, 7) is 8.09. The van der Waals surface area contributed by atoms with Crippen molar-refractivity contribution in [2.45, 2.75) is 38.9 Å². The van der Waals surface area contributed by atoms with Crippen molar-refractivity contribution in [3.63, 3.8) is 0 Å². The minimum atomic E-state index is -0.872. The second kappa shape index (κ2) is 6.32. The van der Waals surface area contributed by atoms with Crippen LogP contribution in [0.15, 0.2) is 29.6 Å². The first-order valence-electron chi connectivity index (χ1n) is 7.80. The maximum absolute atomic E-state index is 10.8. The Hall–Kier alpha value is -1.54. The molecule has 1 aromatic carbocycles. The van der Waals surface area contributed by atoms with Crippen LogP contribution in [-0.2, 0) is 9.31 Å². The number of amides is 1. The summed E-state index contributed by atoms with van der Waals surface area (Å²) >= 11 is 7.87. The predicted octanol–water partition coefficient (Wildman–Crippen LogP) is 3.83. The van der Waals surface area contributed by atoms with Gasteiger partial charge in [0, 0.05) is 16.5 Å². The lowest BCUT2D eigenvalue weighted by molar-refractivity contribution is 0.00578. The van der Waals surface area contributed by atoms with E-state index in [-0.39, 0.29) is 11.2 Å². The third-order valence-electron chi connectivity index (χ3n) is 4.57. The highest BCUT2D eigenvalue weighted by Gasteiger charge is 2.51. The van der Waals surface area contributed by atoms with E-state index in [1.807, 2.05) is 39.1 Å². The van der Waals surface area contributed by atoms with Gasteiger partial charge in [-0.05, 0) is 56.7 Å². The smallest absolute Gasteiger partial charge is 0.410 e. The number of rotatable bonds is 3. The monoisotopic (exact) mass is 379 g/mol. The van der Waals surface area contributed by atoms with E-state index in [9.17, 15) is 4.79 Å². The van der Waals surface area contributed by atoms with Gasteiger partial charge in [-0.2, -0.15) is 0 Å². The van der Waals surface area contributed by atoms with Crippen LogP contribution in [-0.4, -0.2) is 24.4 Å². The van der Waals surface area contributed by atoms with Gasteiger partial charge in [0.2, 0.25) is 0 Å². The van der Waals surface area contributed by atoms with Gasteiger partial charge in [0.25, 0.3) is 0 Å². The molecular weight excluding hydrogens is 361 g/mol. The standard InChI is InChI=1S/C17H19BClNO4S/c1-16(2)17(3,4)24-18(23-16)10-7-14(25-9-10)12-6-5-11(8-13(12)19)22-15(20)21/h5-9H,1-4H3,(H2,20,21). The van der Waals surface area contributed by atoms with Gasteiger partial charge in [0.15, 0.2) is 0 Å². The molecule has 2 aromatic rings. The molecule has 0 radical (unpaired) electrons. The number of carbonyl (C=O) groups is 1. The molecule has 1 amide bonds. The molecule has 0 saturated carbocycles. The third kappa shape index (κ3) is 3.55. The lowest BCUT2D eigenvalue weighted by Crippen LogP contribution is -2.41. The summed E-state index contributed by atoms with van der Waals surface area (Å²) in [5, 5.41) is 2.47. The number of carbonyl (C=O) groups excluding carboxylic acids is 1. The van der Waals surface area contributed by atoms with Crippen LogP contribution >= 0.6 is 22.9 Å². The number of halogens is 1. The van der Waals surface area contributed by atoms with Crippen molar-refractivity contribution in [1.29, 1.82) is 0 Å². The van der Waals surface area contributed by atoms with Crippen LogP contribution in [0.5, 0.6) is 5.75 Å². The largest absolute Gasteiger partial charge is 0.495 e. The van der Waals surface area contributed by atoms with Crippen LogP contribution in [0.4, 0.5) is 4.79 Å². The summed E-state index contributed by atoms with van der Waals surface area (Å²) in [4.78, 5) is 11.8. The molecule has 2 N–H and O–H groups in total. The van der Waals surface area contributed by atoms with Crippen LogP contribution in [0.2, 0.25) is 5.02 Å². The van der Waals surface area contributed by atoms with Crippen LogP contribution in [0.25, 0.3) is 10.4 Å². The van der Waals surface area contributed by atoms with Gasteiger partial charge in [0.05, 0.1) is 16.2 Å². The molecule has 2 heterocycles. The van der Waals surface area contributed by atoms with E-state index in [0.29, 0.717) is 10.8 Å². The molecule has 0 bridgehead atoms. The fourth-order valence-electron chi connectivity index (χ4n) is 2.47. The van der Waals surface area contributed by atoms with Gasteiger partial charge in [-0.1, -0.05) is 11.6 Å². The van der Waals surface area contributed by atoms with E-state index in [1.165, 1.54) is 0 Å². The average molecular weight is 380 g/mol. The zero-order valence-electron chi connectivity index (χ0n) is 14.5. The Bertz CT molecular complexity index is 805. The average Bonchev–Trinajstić information content (AvgIpc) is 3.02. The fourth-order valence-corrected chi connectivity index (χ4v) is 3.75. The molecule has 0 spiro atoms. The first-order valence-corrected chi connectivity index (χ1v) is 9.06. The zero-order valence-corrected chi connectivity index (χ0v) is 16.0. The summed E-state index contributed by atoms with van der Waals surface area (Å²) in [5.41, 5.74) is 6.03. The second-order valence-electron chi connectivity index (χ2n) is 6.90. The number of thiophene rings is 1. The summed E-state index contributed by atoms with van der Waals surface area (Å²) in [7, 11) is -0.411. The Kier molecular flexibility index (Phi) is 4.62. The van der Waals surface area contributed by atoms with Crippen molar-refractivity contribution >= 4 is 41.6 Å². The quantitative estimate of drug-likeness (QED) is 0.823. The van der Waals surface area contributed by atoms with E-state index in [2.05, 4.69) is 0 Å². The number of hydrogen-bond donors (Lipinski definition) is 1. The van der Waals surface area contributed by atoms with Crippen LogP contribution in [0, 0.1) is 0 Å². The summed E-state index contributed by atoms with van der Waals surface area (Å²) in [6, 6.07) is 7.01. The molecule has 5 nitrogen and oxygen atoms in total. The van der Waals surface area contributed by atoms with Crippen molar-refractivity contribution in [1.82, 2.24) is 0 Å². The lowest BCUT2D eigenvalue weighted by Gasteiger charge is -2.32. The molecular formula is C17H19BClNO4S. The Balaban J connectivity index is 1.84. The highest BCUT2D eigenvalue weighted by molar-refractivity contribution is 7.14. The second-order valence-corrected chi connectivity index (χ2v) is 8.21. The van der Waals surface area contributed by atoms with Crippen molar-refractivity contribution in [3.05, 3.63) is 34.7 Å². The molecule has 132 valence electrons. The highest BCUT2D eigenvalue weighted by Crippen LogP contribution is 2.38. The van der Waals surface area contributed by atoms with Crippen molar-refractivity contribution < 1.29 is 18.8 Å². The Morgan fingerprint density at radius 2 is 1.84 bits per heavy atom. The molecule has 8 heteroatoms. The lowest BCUT2D eigenvalue weighted by atomic mass is 9.81. The van der Waals surface area contributed by atoms with E-state index in [1.54, 1.807) is 29.5 Å². The van der Waals surface area contributed by atoms with Gasteiger partial charge in [-0.25, -0.2) is 4.79 Å². The fraction of sp³-hybridized carbons (Fsp3) is 0.353. The molecule has 0 aliphatic carbocycles. The molecule has 1 saturated heterocycles. The van der Waals surface area contributed by atoms with Gasteiger partial charge in [0.1, 0.15) is 5.75 Å². The van der Waals surface area contributed by atoms with E-state index in [0.717, 1.165) is 15.9 Å². The van der Waals surface area contributed by atoms with Crippen molar-refractivity contribution in [3.8, 4) is 16.2 Å². The third-order valence-corrected chi connectivity index (χ3v) is 5.86. The number of primary amides is 1. The van der Waals surface area contributed by atoms with Crippen molar-refractivity contribution in [2.75, 3.05) is 0 Å². The summed E-state index contributed by atoms with van der Waals surface area (Å²) < 4.78 is 17.0. The minimum Gasteiger partial charge on any atom is -0.410 e. The molecule has 25 heavy (non-hydrogen) atoms. The number of ether oxygens (including phenoxy) is 1. The topological polar surface area (TPSA) is 70.8 Å². The maximum atomic E-state index is 10.8. The summed E-state index contributed by atoms with van der Waals surface area (Å²) in [5.74, 6) is 0.309. The molecule has 0 unspecified atom stereocenters. The molecule has 1 fully saturated rings. The SMILES string of the molecule is CC1(C)OB(c2csc(-c3ccc(OC(N)=O)cc3Cl)c2)OC1(C)C. The van der Waals surface area contributed by atoms with E-state index >= 15 is 0 Å². The van der Waals surface area contributed by atoms with Crippen LogP contribution in [0.3, 0.4) is 0 Å². The Morgan fingerprint density at radius 3 is 2.40 bits per heavy atom. The van der Waals surface area contributed by atoms with Crippen LogP contribution in [0.1, 0.15) is 27.7 Å². The molecule has 1 aromatic heterocycles. The Labute approximate surface area is 156 Å². The maximum Gasteiger partial charge on any atom is 0.495 e. The molecule has 0 atom stereocenters. The Morgan fingerprint density at radius 1 is 1.20 bits per heavy atom. The highest BCUT2D eigenvalue weighted by atomic mass is 35.5. The summed E-state index contributed by atoms with van der Waals surface area (Å²) in [6.07, 6.45) is -0.872. The van der Waals surface area contributed by atoms with Gasteiger partial charge < -0.3 is 19.8 Å². The first-order chi connectivity index (χ1) is 11.6. The number of hydrogen-bond acceptors (Lipinski definition) is 5. The molecule has 1 aliphatic heterocycles. The van der Waals surface area contributed by atoms with Gasteiger partial charge in [-0.3, -0.25) is 0 Å². The van der Waals surface area contributed by atoms with E-state index in [4.69, 9.17) is 31.4 Å². The number of benzene rings is 1. The first kappa shape index (κ1) is 18.3. The van der Waals surface area contributed by atoms with Crippen LogP contribution < -0.4 is 15.9 Å². The van der Waals surface area contributed by atoms with Gasteiger partial charge >= 0.3 is 13.2 Å². The molecule has 3 rings (SSSR count).